The van der Waals surface area contributed by atoms with Crippen molar-refractivity contribution in [1.82, 2.24) is 0 Å². The maximum Gasteiger partial charge on any atom is 0.186 e. The van der Waals surface area contributed by atoms with Gasteiger partial charge in [0.25, 0.3) is 0 Å². The second-order valence-electron chi connectivity index (χ2n) is 21.1. The number of rotatable bonds is 7. The fourth-order valence-electron chi connectivity index (χ4n) is 14.9. The van der Waals surface area contributed by atoms with Gasteiger partial charge in [-0.1, -0.05) is 27.7 Å². The van der Waals surface area contributed by atoms with E-state index < -0.39 is 96.8 Å². The van der Waals surface area contributed by atoms with E-state index >= 15 is 0 Å². The highest BCUT2D eigenvalue weighted by atomic mass is 16.7. The van der Waals surface area contributed by atoms with E-state index in [2.05, 4.69) is 34.6 Å². The average molecular weight is 785 g/mol. The minimum atomic E-state index is -1.60. The van der Waals surface area contributed by atoms with Crippen molar-refractivity contribution in [2.45, 2.75) is 197 Å². The van der Waals surface area contributed by atoms with Crippen molar-refractivity contribution in [3.8, 4) is 0 Å². The van der Waals surface area contributed by atoms with E-state index in [4.69, 9.17) is 23.7 Å². The quantitative estimate of drug-likeness (QED) is 0.162. The lowest BCUT2D eigenvalue weighted by Crippen LogP contribution is -2.65. The molecule has 3 unspecified atom stereocenters. The molecule has 55 heavy (non-hydrogen) atoms. The molecule has 0 bridgehead atoms. The molecule has 0 amide bonds. The van der Waals surface area contributed by atoms with Crippen LogP contribution in [0.25, 0.3) is 0 Å². The summed E-state index contributed by atoms with van der Waals surface area (Å²) >= 11 is 0. The molecule has 5 saturated carbocycles. The summed E-state index contributed by atoms with van der Waals surface area (Å²) in [5.74, 6) is -0.215. The number of ether oxygens (including phenoxy) is 5. The molecule has 14 nitrogen and oxygen atoms in total. The summed E-state index contributed by atoms with van der Waals surface area (Å²) in [6.07, 6.45) is -7.48. The Hall–Kier alpha value is -0.560. The SMILES string of the molecule is CC(C)(O)[C@@H]1CC[C@](C)(C2[C@@H](O)C[C@@]3(C)[C@@H]4C[C@H](O[C@@H]5O[C@H](CO)[C@@H](O)[C@H](O)[C@H]5O)[C@H]5C(C)(C)[C@@H](O[C@@H]6OC[C@@H](O)[C@H](O)[C@H]6O)CCC56CC46CC[C@]23C)O1. The van der Waals surface area contributed by atoms with Gasteiger partial charge in [-0.3, -0.25) is 0 Å². The smallest absolute Gasteiger partial charge is 0.186 e. The molecule has 2 spiro atoms. The maximum absolute atomic E-state index is 12.2. The minimum absolute atomic E-state index is 0.0633. The van der Waals surface area contributed by atoms with Gasteiger partial charge >= 0.3 is 0 Å². The van der Waals surface area contributed by atoms with E-state index in [1.54, 1.807) is 13.8 Å². The molecule has 0 aromatic carbocycles. The molecule has 3 heterocycles. The first-order chi connectivity index (χ1) is 25.5. The largest absolute Gasteiger partial charge is 0.394 e. The summed E-state index contributed by atoms with van der Waals surface area (Å²) in [5, 5.41) is 97.2. The summed E-state index contributed by atoms with van der Waals surface area (Å²) in [4.78, 5) is 0. The first kappa shape index (κ1) is 41.2. The van der Waals surface area contributed by atoms with Gasteiger partial charge in [0, 0.05) is 5.92 Å². The highest BCUT2D eigenvalue weighted by Gasteiger charge is 2.85. The topological polar surface area (TPSA) is 228 Å². The fraction of sp³-hybridized carbons (Fsp3) is 1.00. The Morgan fingerprint density at radius 2 is 1.40 bits per heavy atom. The second kappa shape index (κ2) is 13.2. The van der Waals surface area contributed by atoms with Crippen LogP contribution >= 0.6 is 0 Å². The standard InChI is InChI=1S/C41H68O14/c1-35(2)24(54-33-29(48)26(45)20(44)17-51-33)9-11-41-18-40(41)13-12-37(5)31(39(7)10-8-25(55-39)36(3,4)50)19(43)15-38(37,6)23(40)14-21(32(35)41)52-34-30(49)28(47)27(46)22(16-42)53-34/h19-34,42-50H,8-18H2,1-7H3/t19-,20+,21-,22+,23-,24-,25-,26-,27+,28-,29+,30+,31?,32-,33-,34+,37+,38-,39+,40?,41?/m0/s1. The third-order valence-corrected chi connectivity index (χ3v) is 17.6. The first-order valence-electron chi connectivity index (χ1n) is 20.9. The van der Waals surface area contributed by atoms with Crippen LogP contribution in [0.15, 0.2) is 0 Å². The Kier molecular flexibility index (Phi) is 9.90. The van der Waals surface area contributed by atoms with E-state index in [0.717, 1.165) is 32.1 Å². The molecule has 9 N–H and O–H groups in total. The molecule has 3 aliphatic heterocycles. The van der Waals surface area contributed by atoms with Crippen LogP contribution < -0.4 is 0 Å². The van der Waals surface area contributed by atoms with Gasteiger partial charge in [0.2, 0.25) is 0 Å². The van der Waals surface area contributed by atoms with Crippen molar-refractivity contribution in [1.29, 1.82) is 0 Å². The van der Waals surface area contributed by atoms with Gasteiger partial charge in [-0.25, -0.2) is 0 Å². The van der Waals surface area contributed by atoms with Gasteiger partial charge < -0.3 is 69.6 Å². The van der Waals surface area contributed by atoms with Crippen LogP contribution in [0.5, 0.6) is 0 Å². The van der Waals surface area contributed by atoms with Crippen LogP contribution in [-0.2, 0) is 23.7 Å². The van der Waals surface area contributed by atoms with Crippen LogP contribution in [0.1, 0.15) is 106 Å². The van der Waals surface area contributed by atoms with E-state index in [1.165, 1.54) is 0 Å². The van der Waals surface area contributed by atoms with Crippen molar-refractivity contribution in [2.24, 2.45) is 44.8 Å². The zero-order valence-electron chi connectivity index (χ0n) is 33.6. The van der Waals surface area contributed by atoms with Gasteiger partial charge in [0.05, 0.1) is 48.8 Å². The highest BCUT2D eigenvalue weighted by Crippen LogP contribution is 2.89. The summed E-state index contributed by atoms with van der Waals surface area (Å²) in [6, 6.07) is 0. The molecule has 5 aliphatic carbocycles. The lowest BCUT2D eigenvalue weighted by Gasteiger charge is -2.65. The molecule has 14 heteroatoms. The minimum Gasteiger partial charge on any atom is -0.394 e. The lowest BCUT2D eigenvalue weighted by molar-refractivity contribution is -0.339. The summed E-state index contributed by atoms with van der Waals surface area (Å²) < 4.78 is 31.9. The Labute approximate surface area is 324 Å². The Morgan fingerprint density at radius 3 is 2.05 bits per heavy atom. The number of hydrogen-bond donors (Lipinski definition) is 9. The zero-order chi connectivity index (χ0) is 40.1. The van der Waals surface area contributed by atoms with Crippen LogP contribution in [0.2, 0.25) is 0 Å². The normalized spacial score (nSPS) is 58.7. The molecule has 316 valence electrons. The molecule has 8 rings (SSSR count). The zero-order valence-corrected chi connectivity index (χ0v) is 33.6. The number of aliphatic hydroxyl groups is 9. The van der Waals surface area contributed by atoms with E-state index in [-0.39, 0.29) is 52.1 Å². The predicted octanol–water partition coefficient (Wildman–Crippen LogP) is 0.724. The molecular weight excluding hydrogens is 716 g/mol. The number of hydrogen-bond acceptors (Lipinski definition) is 14. The first-order valence-corrected chi connectivity index (χ1v) is 20.9. The van der Waals surface area contributed by atoms with E-state index in [9.17, 15) is 46.0 Å². The average Bonchev–Trinajstić information content (AvgIpc) is 3.47. The van der Waals surface area contributed by atoms with Gasteiger partial charge in [0.1, 0.15) is 42.7 Å². The van der Waals surface area contributed by atoms with Crippen molar-refractivity contribution in [3.63, 3.8) is 0 Å². The lowest BCUT2D eigenvalue weighted by atomic mass is 9.41. The molecule has 0 aromatic heterocycles. The molecule has 8 fully saturated rings. The van der Waals surface area contributed by atoms with Crippen LogP contribution in [0.4, 0.5) is 0 Å². The third kappa shape index (κ3) is 5.70. The van der Waals surface area contributed by atoms with E-state index in [1.807, 2.05) is 0 Å². The van der Waals surface area contributed by atoms with Crippen molar-refractivity contribution in [3.05, 3.63) is 0 Å². The van der Waals surface area contributed by atoms with Crippen molar-refractivity contribution < 1.29 is 69.6 Å². The maximum atomic E-state index is 12.2. The van der Waals surface area contributed by atoms with Gasteiger partial charge in [-0.2, -0.15) is 0 Å². The van der Waals surface area contributed by atoms with Crippen molar-refractivity contribution in [2.75, 3.05) is 13.2 Å². The molecule has 3 saturated heterocycles. The fourth-order valence-corrected chi connectivity index (χ4v) is 14.9. The van der Waals surface area contributed by atoms with Gasteiger partial charge in [0.15, 0.2) is 12.6 Å². The summed E-state index contributed by atoms with van der Waals surface area (Å²) in [5.41, 5.74) is -3.16. The molecule has 8 aliphatic rings. The summed E-state index contributed by atoms with van der Waals surface area (Å²) in [6.45, 7) is 13.8. The number of fused-ring (bicyclic) bond motifs is 2. The highest BCUT2D eigenvalue weighted by molar-refractivity contribution is 5.33. The van der Waals surface area contributed by atoms with Gasteiger partial charge in [-0.15, -0.1) is 0 Å². The molecular formula is C41H68O14. The van der Waals surface area contributed by atoms with Gasteiger partial charge in [-0.05, 0) is 117 Å². The van der Waals surface area contributed by atoms with E-state index in [0.29, 0.717) is 25.7 Å². The molecule has 0 radical (unpaired) electrons. The second-order valence-corrected chi connectivity index (χ2v) is 21.1. The number of aliphatic hydroxyl groups excluding tert-OH is 8. The van der Waals surface area contributed by atoms with Crippen molar-refractivity contribution >= 4 is 0 Å². The van der Waals surface area contributed by atoms with Crippen LogP contribution in [-0.4, -0.2) is 150 Å². The third-order valence-electron chi connectivity index (χ3n) is 17.6. The Bertz CT molecular complexity index is 1460. The van der Waals surface area contributed by atoms with Crippen LogP contribution in [0.3, 0.4) is 0 Å². The van der Waals surface area contributed by atoms with Crippen LogP contribution in [0, 0.1) is 44.8 Å². The predicted molar refractivity (Wildman–Crippen MR) is 194 cm³/mol. The molecule has 0 aromatic rings. The summed E-state index contributed by atoms with van der Waals surface area (Å²) in [7, 11) is 0. The Balaban J connectivity index is 1.15. The molecule has 21 atom stereocenters. The monoisotopic (exact) mass is 784 g/mol. The Morgan fingerprint density at radius 1 is 0.709 bits per heavy atom.